The molecule has 0 radical (unpaired) electrons. The summed E-state index contributed by atoms with van der Waals surface area (Å²) in [6.45, 7) is -0.394. The second-order valence-corrected chi connectivity index (χ2v) is 3.69. The third-order valence-electron chi connectivity index (χ3n) is 1.51. The van der Waals surface area contributed by atoms with Crippen LogP contribution in [-0.4, -0.2) is 17.7 Å². The Morgan fingerprint density at radius 2 is 2.07 bits per heavy atom. The summed E-state index contributed by atoms with van der Waals surface area (Å²) in [5.41, 5.74) is 0. The first kappa shape index (κ1) is 12.2. The van der Waals surface area contributed by atoms with Gasteiger partial charge in [-0.2, -0.15) is 13.2 Å². The predicted molar refractivity (Wildman–Crippen MR) is 51.1 cm³/mol. The first-order valence-electron chi connectivity index (χ1n) is 4.00. The summed E-state index contributed by atoms with van der Waals surface area (Å²) in [6.07, 6.45) is -3.97. The van der Waals surface area contributed by atoms with Crippen LogP contribution in [0.2, 0.25) is 0 Å². The van der Waals surface area contributed by atoms with Crippen LogP contribution in [0.15, 0.2) is 16.7 Å². The SMILES string of the molecule is Fc1cc(Br)cnc1NCCC(F)(F)F. The van der Waals surface area contributed by atoms with E-state index in [-0.39, 0.29) is 5.82 Å². The van der Waals surface area contributed by atoms with E-state index in [0.717, 1.165) is 6.07 Å². The molecule has 0 atom stereocenters. The molecule has 0 aliphatic rings. The normalized spacial score (nSPS) is 11.5. The minimum Gasteiger partial charge on any atom is -0.367 e. The third-order valence-corrected chi connectivity index (χ3v) is 1.94. The van der Waals surface area contributed by atoms with Crippen LogP contribution in [0, 0.1) is 5.82 Å². The Hall–Kier alpha value is -0.850. The molecule has 0 unspecified atom stereocenters. The van der Waals surface area contributed by atoms with Crippen LogP contribution < -0.4 is 5.32 Å². The summed E-state index contributed by atoms with van der Waals surface area (Å²) >= 11 is 2.99. The minimum atomic E-state index is -4.25. The topological polar surface area (TPSA) is 24.9 Å². The molecule has 0 fully saturated rings. The second-order valence-electron chi connectivity index (χ2n) is 2.78. The first-order chi connectivity index (χ1) is 6.88. The van der Waals surface area contributed by atoms with Gasteiger partial charge < -0.3 is 5.32 Å². The molecule has 0 saturated heterocycles. The van der Waals surface area contributed by atoms with Gasteiger partial charge in [0.15, 0.2) is 11.6 Å². The van der Waals surface area contributed by atoms with E-state index in [9.17, 15) is 17.6 Å². The van der Waals surface area contributed by atoms with Gasteiger partial charge >= 0.3 is 6.18 Å². The van der Waals surface area contributed by atoms with Gasteiger partial charge in [-0.05, 0) is 22.0 Å². The minimum absolute atomic E-state index is 0.178. The third kappa shape index (κ3) is 4.46. The molecule has 2 nitrogen and oxygen atoms in total. The van der Waals surface area contributed by atoms with Gasteiger partial charge in [-0.3, -0.25) is 0 Å². The summed E-state index contributed by atoms with van der Waals surface area (Å²) in [7, 11) is 0. The molecule has 7 heteroatoms. The molecular formula is C8H7BrF4N2. The van der Waals surface area contributed by atoms with E-state index in [1.54, 1.807) is 0 Å². The van der Waals surface area contributed by atoms with Gasteiger partial charge in [0.05, 0.1) is 6.42 Å². The number of hydrogen-bond donors (Lipinski definition) is 1. The zero-order chi connectivity index (χ0) is 11.5. The molecule has 0 aromatic carbocycles. The van der Waals surface area contributed by atoms with Crippen LogP contribution in [0.4, 0.5) is 23.4 Å². The van der Waals surface area contributed by atoms with Crippen molar-refractivity contribution in [2.24, 2.45) is 0 Å². The van der Waals surface area contributed by atoms with Gasteiger partial charge in [0.2, 0.25) is 0 Å². The maximum atomic E-state index is 13.0. The summed E-state index contributed by atoms with van der Waals surface area (Å²) < 4.78 is 48.8. The van der Waals surface area contributed by atoms with Crippen molar-refractivity contribution in [3.8, 4) is 0 Å². The fourth-order valence-corrected chi connectivity index (χ4v) is 1.17. The average Bonchev–Trinajstić information content (AvgIpc) is 2.07. The molecule has 15 heavy (non-hydrogen) atoms. The lowest BCUT2D eigenvalue weighted by Gasteiger charge is -2.08. The number of halogens is 5. The van der Waals surface area contributed by atoms with Crippen LogP contribution in [0.1, 0.15) is 6.42 Å². The Morgan fingerprint density at radius 3 is 2.60 bits per heavy atom. The van der Waals surface area contributed by atoms with Crippen molar-refractivity contribution in [1.29, 1.82) is 0 Å². The highest BCUT2D eigenvalue weighted by Crippen LogP contribution is 2.20. The van der Waals surface area contributed by atoms with Crippen molar-refractivity contribution >= 4 is 21.7 Å². The van der Waals surface area contributed by atoms with Crippen molar-refractivity contribution in [3.05, 3.63) is 22.6 Å². The maximum Gasteiger partial charge on any atom is 0.390 e. The lowest BCUT2D eigenvalue weighted by Crippen LogP contribution is -2.15. The van der Waals surface area contributed by atoms with Crippen molar-refractivity contribution in [3.63, 3.8) is 0 Å². The fourth-order valence-electron chi connectivity index (χ4n) is 0.867. The van der Waals surface area contributed by atoms with E-state index in [1.165, 1.54) is 6.20 Å². The van der Waals surface area contributed by atoms with Gasteiger partial charge in [-0.1, -0.05) is 0 Å². The quantitative estimate of drug-likeness (QED) is 0.862. The van der Waals surface area contributed by atoms with E-state index < -0.39 is 25.0 Å². The maximum absolute atomic E-state index is 13.0. The van der Waals surface area contributed by atoms with Gasteiger partial charge in [-0.25, -0.2) is 9.37 Å². The zero-order valence-corrected chi connectivity index (χ0v) is 8.99. The number of aromatic nitrogens is 1. The second kappa shape index (κ2) is 4.78. The summed E-state index contributed by atoms with van der Waals surface area (Å²) in [4.78, 5) is 3.60. The van der Waals surface area contributed by atoms with Gasteiger partial charge in [0, 0.05) is 17.2 Å². The van der Waals surface area contributed by atoms with Gasteiger partial charge in [-0.15, -0.1) is 0 Å². The smallest absolute Gasteiger partial charge is 0.367 e. The standard InChI is InChI=1S/C8H7BrF4N2/c9-5-3-6(10)7(15-4-5)14-2-1-8(11,12)13/h3-4H,1-2H2,(H,14,15). The summed E-state index contributed by atoms with van der Waals surface area (Å²) in [6, 6.07) is 1.13. The van der Waals surface area contributed by atoms with Crippen molar-refractivity contribution in [2.45, 2.75) is 12.6 Å². The molecule has 1 rings (SSSR count). The zero-order valence-electron chi connectivity index (χ0n) is 7.41. The van der Waals surface area contributed by atoms with Crippen LogP contribution in [0.3, 0.4) is 0 Å². The number of anilines is 1. The molecule has 0 bridgehead atoms. The Labute approximate surface area is 91.8 Å². The number of rotatable bonds is 3. The molecule has 1 aromatic rings. The monoisotopic (exact) mass is 286 g/mol. The lowest BCUT2D eigenvalue weighted by molar-refractivity contribution is -0.131. The fraction of sp³-hybridized carbons (Fsp3) is 0.375. The van der Waals surface area contributed by atoms with Crippen LogP contribution >= 0.6 is 15.9 Å². The van der Waals surface area contributed by atoms with Crippen LogP contribution in [0.25, 0.3) is 0 Å². The highest BCUT2D eigenvalue weighted by molar-refractivity contribution is 9.10. The number of hydrogen-bond acceptors (Lipinski definition) is 2. The molecule has 1 heterocycles. The van der Waals surface area contributed by atoms with Crippen molar-refractivity contribution in [2.75, 3.05) is 11.9 Å². The predicted octanol–water partition coefficient (Wildman–Crippen LogP) is 3.35. The highest BCUT2D eigenvalue weighted by atomic mass is 79.9. The molecule has 0 saturated carbocycles. The molecule has 0 amide bonds. The van der Waals surface area contributed by atoms with Crippen LogP contribution in [0.5, 0.6) is 0 Å². The summed E-state index contributed by atoms with van der Waals surface area (Å²) in [5.74, 6) is -0.867. The molecule has 84 valence electrons. The van der Waals surface area contributed by atoms with Gasteiger partial charge in [0.25, 0.3) is 0 Å². The molecule has 0 aliphatic carbocycles. The highest BCUT2D eigenvalue weighted by Gasteiger charge is 2.26. The first-order valence-corrected chi connectivity index (χ1v) is 4.79. The number of nitrogens with one attached hydrogen (secondary N) is 1. The number of pyridine rings is 1. The molecular weight excluding hydrogens is 280 g/mol. The molecule has 0 aliphatic heterocycles. The van der Waals surface area contributed by atoms with Crippen molar-refractivity contribution in [1.82, 2.24) is 4.98 Å². The number of nitrogens with zero attached hydrogens (tertiary/aromatic N) is 1. The summed E-state index contributed by atoms with van der Waals surface area (Å²) in [5, 5.41) is 2.27. The average molecular weight is 287 g/mol. The Morgan fingerprint density at radius 1 is 1.40 bits per heavy atom. The van der Waals surface area contributed by atoms with E-state index in [1.807, 2.05) is 0 Å². The Balaban J connectivity index is 2.51. The number of alkyl halides is 3. The van der Waals surface area contributed by atoms with Crippen LogP contribution in [-0.2, 0) is 0 Å². The molecule has 1 aromatic heterocycles. The molecule has 0 spiro atoms. The molecule has 1 N–H and O–H groups in total. The van der Waals surface area contributed by atoms with E-state index >= 15 is 0 Å². The Kier molecular flexibility index (Phi) is 3.90. The Bertz CT molecular complexity index is 340. The largest absolute Gasteiger partial charge is 0.390 e. The van der Waals surface area contributed by atoms with E-state index in [0.29, 0.717) is 4.47 Å². The van der Waals surface area contributed by atoms with E-state index in [2.05, 4.69) is 26.2 Å². The van der Waals surface area contributed by atoms with E-state index in [4.69, 9.17) is 0 Å². The van der Waals surface area contributed by atoms with Gasteiger partial charge in [0.1, 0.15) is 0 Å². The lowest BCUT2D eigenvalue weighted by atomic mass is 10.4. The van der Waals surface area contributed by atoms with Crippen molar-refractivity contribution < 1.29 is 17.6 Å².